The van der Waals surface area contributed by atoms with Crippen LogP contribution in [-0.4, -0.2) is 61.4 Å². The van der Waals surface area contributed by atoms with Crippen LogP contribution in [0.4, 0.5) is 11.5 Å². The molecule has 220 valence electrons. The summed E-state index contributed by atoms with van der Waals surface area (Å²) in [7, 11) is 0. The van der Waals surface area contributed by atoms with Crippen LogP contribution < -0.4 is 14.8 Å². The molecule has 15 heteroatoms. The van der Waals surface area contributed by atoms with E-state index in [1.165, 1.54) is 37.3 Å². The third-order valence-corrected chi connectivity index (χ3v) is 7.41. The van der Waals surface area contributed by atoms with E-state index in [-0.39, 0.29) is 23.7 Å². The number of carbonyl (C=O) groups is 3. The van der Waals surface area contributed by atoms with Crippen LogP contribution in [0.5, 0.6) is 5.75 Å². The van der Waals surface area contributed by atoms with E-state index in [1.807, 2.05) is 0 Å². The van der Waals surface area contributed by atoms with Crippen molar-refractivity contribution in [1.29, 1.82) is 0 Å². The predicted octanol–water partition coefficient (Wildman–Crippen LogP) is 2.39. The first kappa shape index (κ1) is 30.1. The first-order chi connectivity index (χ1) is 20.0. The Balaban J connectivity index is 1.49. The van der Waals surface area contributed by atoms with Crippen molar-refractivity contribution in [3.05, 3.63) is 94.3 Å². The highest BCUT2D eigenvalue weighted by molar-refractivity contribution is 7.93. The summed E-state index contributed by atoms with van der Waals surface area (Å²) in [6.45, 7) is 6.28. The van der Waals surface area contributed by atoms with E-state index in [0.717, 1.165) is 4.90 Å². The van der Waals surface area contributed by atoms with Gasteiger partial charge in [0.25, 0.3) is 17.5 Å². The molecule has 1 saturated heterocycles. The maximum absolute atomic E-state index is 13.5. The minimum atomic E-state index is -2.09. The summed E-state index contributed by atoms with van der Waals surface area (Å²) in [6.07, 6.45) is 0. The Hall–Kier alpha value is -4.89. The predicted molar refractivity (Wildman–Crippen MR) is 149 cm³/mol. The highest BCUT2D eigenvalue weighted by atomic mass is 32.2. The van der Waals surface area contributed by atoms with Crippen molar-refractivity contribution in [3.63, 3.8) is 0 Å². The quantitative estimate of drug-likeness (QED) is 0.0735. The van der Waals surface area contributed by atoms with E-state index in [0.29, 0.717) is 17.1 Å². The molecule has 1 aromatic heterocycles. The van der Waals surface area contributed by atoms with E-state index in [4.69, 9.17) is 14.0 Å². The number of esters is 1. The summed E-state index contributed by atoms with van der Waals surface area (Å²) in [4.78, 5) is 50.5. The summed E-state index contributed by atoms with van der Waals surface area (Å²) >= 11 is -2.09. The third-order valence-electron chi connectivity index (χ3n) is 6.06. The number of amides is 2. The van der Waals surface area contributed by atoms with E-state index in [1.54, 1.807) is 37.3 Å². The molecule has 2 unspecified atom stereocenters. The number of ether oxygens (including phenoxy) is 2. The molecule has 4 rings (SSSR count). The number of para-hydroxylation sites is 1. The first-order valence-electron chi connectivity index (χ1n) is 12.5. The fourth-order valence-corrected chi connectivity index (χ4v) is 5.37. The van der Waals surface area contributed by atoms with Gasteiger partial charge in [-0.25, -0.2) is 4.79 Å². The zero-order valence-corrected chi connectivity index (χ0v) is 23.4. The molecule has 4 atom stereocenters. The van der Waals surface area contributed by atoms with Crippen molar-refractivity contribution in [2.75, 3.05) is 11.3 Å². The number of rotatable bonds is 13. The molecule has 42 heavy (non-hydrogen) atoms. The number of aromatic nitrogens is 1. The molecule has 2 heterocycles. The number of nitrogens with zero attached hydrogens (tertiary/aromatic N) is 3. The largest absolute Gasteiger partial charge is 0.591 e. The van der Waals surface area contributed by atoms with Gasteiger partial charge in [0.15, 0.2) is 18.7 Å². The van der Waals surface area contributed by atoms with E-state index < -0.39 is 58.1 Å². The molecule has 14 nitrogen and oxygen atoms in total. The third kappa shape index (κ3) is 7.05. The fraction of sp³-hybridized carbons (Fsp3) is 0.259. The molecular formula is C27H27N5O9S. The van der Waals surface area contributed by atoms with Crippen molar-refractivity contribution in [2.24, 2.45) is 0 Å². The maximum Gasteiger partial charge on any atom is 0.333 e. The molecule has 0 spiro atoms. The lowest BCUT2D eigenvalue weighted by atomic mass is 9.99. The lowest BCUT2D eigenvalue weighted by molar-refractivity contribution is -0.384. The second-order valence-electron chi connectivity index (χ2n) is 9.29. The minimum Gasteiger partial charge on any atom is -0.591 e. The Labute approximate surface area is 243 Å². The Morgan fingerprint density at radius 2 is 1.90 bits per heavy atom. The number of likely N-dealkylation sites (tertiary alicyclic amines) is 1. The number of aryl methyl sites for hydroxylation is 1. The highest BCUT2D eigenvalue weighted by Gasteiger charge is 2.60. The lowest BCUT2D eigenvalue weighted by Crippen LogP contribution is -2.77. The summed E-state index contributed by atoms with van der Waals surface area (Å²) in [5, 5.41) is 15.9. The molecular weight excluding hydrogens is 570 g/mol. The average Bonchev–Trinajstić information content (AvgIpc) is 3.38. The van der Waals surface area contributed by atoms with Gasteiger partial charge in [0.2, 0.25) is 11.2 Å². The average molecular weight is 598 g/mol. The smallest absolute Gasteiger partial charge is 0.333 e. The van der Waals surface area contributed by atoms with Crippen LogP contribution >= 0.6 is 0 Å². The van der Waals surface area contributed by atoms with Crippen LogP contribution in [0.25, 0.3) is 0 Å². The number of benzene rings is 2. The van der Waals surface area contributed by atoms with E-state index >= 15 is 0 Å². The topological polar surface area (TPSA) is 189 Å². The number of hydrogen-bond donors (Lipinski definition) is 2. The zero-order valence-electron chi connectivity index (χ0n) is 22.6. The Kier molecular flexibility index (Phi) is 9.44. The summed E-state index contributed by atoms with van der Waals surface area (Å²) in [5.41, 5.74) is 0.558. The van der Waals surface area contributed by atoms with Gasteiger partial charge in [-0.15, -0.1) is 0 Å². The number of hydrogen-bond acceptors (Lipinski definition) is 11. The van der Waals surface area contributed by atoms with Gasteiger partial charge in [0, 0.05) is 18.2 Å². The zero-order chi connectivity index (χ0) is 30.4. The second kappa shape index (κ2) is 13.2. The SMILES string of the molecule is C=C(C)C(C(=O)OCc1ccc([N+](=O)[O-])cc1)N1C(=O)[C@@H](NC(=O)COc2ccccc2)[C@H]1[S+]([O-])Nc1cc(C)on1. The molecule has 2 amide bonds. The van der Waals surface area contributed by atoms with Crippen molar-refractivity contribution in [2.45, 2.75) is 37.9 Å². The van der Waals surface area contributed by atoms with Crippen LogP contribution in [0.15, 0.2) is 77.3 Å². The van der Waals surface area contributed by atoms with Crippen LogP contribution in [0.3, 0.4) is 0 Å². The molecule has 1 aliphatic heterocycles. The van der Waals surface area contributed by atoms with Crippen molar-refractivity contribution in [1.82, 2.24) is 15.4 Å². The van der Waals surface area contributed by atoms with Crippen LogP contribution in [0.1, 0.15) is 18.2 Å². The van der Waals surface area contributed by atoms with Gasteiger partial charge < -0.3 is 23.9 Å². The molecule has 2 N–H and O–H groups in total. The molecule has 1 aliphatic rings. The van der Waals surface area contributed by atoms with Gasteiger partial charge in [-0.05, 0) is 49.2 Å². The summed E-state index contributed by atoms with van der Waals surface area (Å²) < 4.78 is 31.9. The van der Waals surface area contributed by atoms with Gasteiger partial charge in [-0.3, -0.25) is 24.6 Å². The molecule has 0 aliphatic carbocycles. The molecule has 2 aromatic carbocycles. The molecule has 0 bridgehead atoms. The van der Waals surface area contributed by atoms with Crippen molar-refractivity contribution in [3.8, 4) is 5.75 Å². The van der Waals surface area contributed by atoms with E-state index in [9.17, 15) is 29.1 Å². The highest BCUT2D eigenvalue weighted by Crippen LogP contribution is 2.32. The van der Waals surface area contributed by atoms with Crippen molar-refractivity contribution >= 4 is 40.7 Å². The Morgan fingerprint density at radius 3 is 2.50 bits per heavy atom. The number of anilines is 1. The van der Waals surface area contributed by atoms with Gasteiger partial charge >= 0.3 is 5.97 Å². The molecule has 1 fully saturated rings. The monoisotopic (exact) mass is 597 g/mol. The van der Waals surface area contributed by atoms with Gasteiger partial charge in [-0.1, -0.05) is 29.9 Å². The number of nitro benzene ring substituents is 1. The van der Waals surface area contributed by atoms with Gasteiger partial charge in [0.05, 0.1) is 16.3 Å². The molecule has 0 radical (unpaired) electrons. The summed E-state index contributed by atoms with van der Waals surface area (Å²) in [5.74, 6) is -1.21. The number of carbonyl (C=O) groups excluding carboxylic acids is 3. The summed E-state index contributed by atoms with van der Waals surface area (Å²) in [6, 6.07) is 12.8. The first-order valence-corrected chi connectivity index (χ1v) is 13.7. The normalized spacial score (nSPS) is 17.4. The lowest BCUT2D eigenvalue weighted by Gasteiger charge is -2.48. The number of nitro groups is 1. The van der Waals surface area contributed by atoms with Crippen LogP contribution in [-0.2, 0) is 37.1 Å². The number of non-ortho nitro benzene ring substituents is 1. The molecule has 3 aromatic rings. The standard InChI is InChI=1S/C27H27N5O9S/c1-16(2)24(27(35)40-14-18-9-11-19(12-10-18)32(36)37)31-25(34)23(26(31)42(38)30-21-13-17(3)41-29-21)28-22(33)15-39-20-7-5-4-6-8-20/h4-13,23-24,26H,1,14-15H2,2-3H3,(H,28,33)(H,29,30)/t23-,24?,26-,42?/m1/s1. The Bertz CT molecular complexity index is 1460. The number of nitrogens with one attached hydrogen (secondary N) is 2. The maximum atomic E-state index is 13.5. The van der Waals surface area contributed by atoms with Crippen molar-refractivity contribution < 1.29 is 37.9 Å². The Morgan fingerprint density at radius 1 is 1.21 bits per heavy atom. The van der Waals surface area contributed by atoms with E-state index in [2.05, 4.69) is 21.8 Å². The van der Waals surface area contributed by atoms with Crippen LogP contribution in [0.2, 0.25) is 0 Å². The second-order valence-corrected chi connectivity index (χ2v) is 10.6. The number of β-lactam (4-membered cyclic amide) rings is 1. The van der Waals surface area contributed by atoms with Crippen LogP contribution in [0, 0.1) is 17.0 Å². The molecule has 0 saturated carbocycles. The van der Waals surface area contributed by atoms with Gasteiger partial charge in [0.1, 0.15) is 18.1 Å². The van der Waals surface area contributed by atoms with Gasteiger partial charge in [-0.2, -0.15) is 4.72 Å². The minimum absolute atomic E-state index is 0.121. The fourth-order valence-electron chi connectivity index (χ4n) is 4.08.